The van der Waals surface area contributed by atoms with Gasteiger partial charge in [-0.05, 0) is 38.8 Å². The van der Waals surface area contributed by atoms with Gasteiger partial charge in [-0.1, -0.05) is 17.7 Å². The molecule has 96 valence electrons. The molecular weight excluding hydrogens is 224 g/mol. The van der Waals surface area contributed by atoms with Gasteiger partial charge in [0.1, 0.15) is 0 Å². The summed E-state index contributed by atoms with van der Waals surface area (Å²) in [5.74, 6) is 0.197. The first-order chi connectivity index (χ1) is 8.60. The second kappa shape index (κ2) is 4.09. The molecule has 1 atom stereocenters. The molecule has 1 amide bonds. The monoisotopic (exact) mass is 244 g/mol. The number of aryl methyl sites for hydroxylation is 1. The molecule has 18 heavy (non-hydrogen) atoms. The number of nitrogens with zero attached hydrogens (tertiary/aromatic N) is 1. The summed E-state index contributed by atoms with van der Waals surface area (Å²) in [6, 6.07) is 8.19. The molecule has 0 aromatic heterocycles. The van der Waals surface area contributed by atoms with Crippen LogP contribution in [-0.2, 0) is 4.79 Å². The van der Waals surface area contributed by atoms with E-state index >= 15 is 0 Å². The fourth-order valence-corrected chi connectivity index (χ4v) is 2.61. The summed E-state index contributed by atoms with van der Waals surface area (Å²) in [7, 11) is 0. The normalized spacial score (nSPS) is 26.2. The van der Waals surface area contributed by atoms with E-state index in [-0.39, 0.29) is 11.9 Å². The molecule has 1 heterocycles. The van der Waals surface area contributed by atoms with Crippen LogP contribution >= 0.6 is 0 Å². The summed E-state index contributed by atoms with van der Waals surface area (Å²) in [4.78, 5) is 14.4. The number of hydrogen-bond donors (Lipinski definition) is 1. The minimum Gasteiger partial charge on any atom is -0.310 e. The van der Waals surface area contributed by atoms with Gasteiger partial charge in [-0.25, -0.2) is 0 Å². The average molecular weight is 244 g/mol. The predicted octanol–water partition coefficient (Wildman–Crippen LogP) is 2.10. The minimum absolute atomic E-state index is 0.0775. The molecule has 1 aliphatic heterocycles. The van der Waals surface area contributed by atoms with Crippen molar-refractivity contribution in [2.75, 3.05) is 18.0 Å². The van der Waals surface area contributed by atoms with Gasteiger partial charge in [0.2, 0.25) is 5.91 Å². The van der Waals surface area contributed by atoms with E-state index in [2.05, 4.69) is 36.5 Å². The maximum Gasteiger partial charge on any atom is 0.243 e. The number of anilines is 1. The Morgan fingerprint density at radius 2 is 1.94 bits per heavy atom. The summed E-state index contributed by atoms with van der Waals surface area (Å²) in [6.07, 6.45) is 2.48. The molecule has 0 radical (unpaired) electrons. The lowest BCUT2D eigenvalue weighted by Crippen LogP contribution is -2.41. The zero-order valence-corrected chi connectivity index (χ0v) is 11.1. The lowest BCUT2D eigenvalue weighted by Gasteiger charge is -2.25. The zero-order chi connectivity index (χ0) is 12.8. The van der Waals surface area contributed by atoms with E-state index < -0.39 is 0 Å². The molecule has 3 nitrogen and oxygen atoms in total. The molecule has 1 aliphatic carbocycles. The number of benzene rings is 1. The van der Waals surface area contributed by atoms with Gasteiger partial charge in [-0.2, -0.15) is 0 Å². The second-order valence-electron chi connectivity index (χ2n) is 5.86. The lowest BCUT2D eigenvalue weighted by molar-refractivity contribution is -0.119. The van der Waals surface area contributed by atoms with Crippen LogP contribution in [0.2, 0.25) is 0 Å². The summed E-state index contributed by atoms with van der Waals surface area (Å²) < 4.78 is 0. The van der Waals surface area contributed by atoms with Crippen LogP contribution in [0, 0.1) is 12.3 Å². The summed E-state index contributed by atoms with van der Waals surface area (Å²) in [5, 5.41) is 3.37. The van der Waals surface area contributed by atoms with E-state index in [9.17, 15) is 4.79 Å². The van der Waals surface area contributed by atoms with E-state index in [1.807, 2.05) is 11.8 Å². The molecule has 1 saturated heterocycles. The van der Waals surface area contributed by atoms with E-state index in [1.165, 1.54) is 18.4 Å². The van der Waals surface area contributed by atoms with Crippen LogP contribution in [-0.4, -0.2) is 25.0 Å². The molecule has 1 saturated carbocycles. The van der Waals surface area contributed by atoms with Crippen LogP contribution < -0.4 is 10.2 Å². The van der Waals surface area contributed by atoms with Crippen molar-refractivity contribution in [2.45, 2.75) is 32.7 Å². The highest BCUT2D eigenvalue weighted by molar-refractivity contribution is 5.97. The van der Waals surface area contributed by atoms with Crippen molar-refractivity contribution in [3.63, 3.8) is 0 Å². The van der Waals surface area contributed by atoms with E-state index in [1.54, 1.807) is 0 Å². The van der Waals surface area contributed by atoms with Crippen molar-refractivity contribution in [3.05, 3.63) is 29.8 Å². The first-order valence-corrected chi connectivity index (χ1v) is 6.71. The molecule has 0 bridgehead atoms. The van der Waals surface area contributed by atoms with Gasteiger partial charge < -0.3 is 10.2 Å². The van der Waals surface area contributed by atoms with Gasteiger partial charge in [-0.15, -0.1) is 0 Å². The molecule has 1 spiro atoms. The van der Waals surface area contributed by atoms with Gasteiger partial charge in [0.05, 0.1) is 6.04 Å². The first-order valence-electron chi connectivity index (χ1n) is 6.71. The third kappa shape index (κ3) is 2.03. The molecule has 2 aliphatic rings. The first kappa shape index (κ1) is 11.7. The molecule has 3 rings (SSSR count). The van der Waals surface area contributed by atoms with Gasteiger partial charge in [0.25, 0.3) is 0 Å². The van der Waals surface area contributed by atoms with Crippen molar-refractivity contribution < 1.29 is 4.79 Å². The third-order valence-corrected chi connectivity index (χ3v) is 4.22. The van der Waals surface area contributed by atoms with Crippen LogP contribution in [0.5, 0.6) is 0 Å². The van der Waals surface area contributed by atoms with Crippen molar-refractivity contribution >= 4 is 11.6 Å². The fraction of sp³-hybridized carbons (Fsp3) is 0.533. The molecule has 1 N–H and O–H groups in total. The standard InChI is InChI=1S/C15H20N2O/c1-11-3-5-13(6-4-11)17-10-15(7-8-15)9-16-12(2)14(17)18/h3-6,12,16H,7-10H2,1-2H3. The molecule has 1 unspecified atom stereocenters. The maximum atomic E-state index is 12.4. The highest BCUT2D eigenvalue weighted by Gasteiger charge is 2.47. The lowest BCUT2D eigenvalue weighted by atomic mass is 10.1. The Hall–Kier alpha value is -1.35. The summed E-state index contributed by atoms with van der Waals surface area (Å²) >= 11 is 0. The summed E-state index contributed by atoms with van der Waals surface area (Å²) in [6.45, 7) is 5.88. The van der Waals surface area contributed by atoms with Gasteiger partial charge in [0.15, 0.2) is 0 Å². The Labute approximate surface area is 108 Å². The average Bonchev–Trinajstić information content (AvgIpc) is 3.15. The Morgan fingerprint density at radius 1 is 1.28 bits per heavy atom. The Kier molecular flexibility index (Phi) is 2.67. The molecule has 3 heteroatoms. The van der Waals surface area contributed by atoms with Crippen molar-refractivity contribution in [3.8, 4) is 0 Å². The Morgan fingerprint density at radius 3 is 2.56 bits per heavy atom. The van der Waals surface area contributed by atoms with Crippen LogP contribution in [0.4, 0.5) is 5.69 Å². The molecule has 1 aromatic rings. The van der Waals surface area contributed by atoms with Crippen molar-refractivity contribution in [1.82, 2.24) is 5.32 Å². The van der Waals surface area contributed by atoms with Crippen LogP contribution in [0.1, 0.15) is 25.3 Å². The number of carbonyl (C=O) groups is 1. The van der Waals surface area contributed by atoms with Gasteiger partial charge in [-0.3, -0.25) is 4.79 Å². The quantitative estimate of drug-likeness (QED) is 0.820. The molecule has 2 fully saturated rings. The number of nitrogens with one attached hydrogen (secondary N) is 1. The highest BCUT2D eigenvalue weighted by Crippen LogP contribution is 2.47. The second-order valence-corrected chi connectivity index (χ2v) is 5.86. The van der Waals surface area contributed by atoms with Crippen molar-refractivity contribution in [2.24, 2.45) is 5.41 Å². The highest BCUT2D eigenvalue weighted by atomic mass is 16.2. The van der Waals surface area contributed by atoms with Gasteiger partial charge in [0, 0.05) is 24.2 Å². The SMILES string of the molecule is Cc1ccc(N2CC3(CC3)CNC(C)C2=O)cc1. The zero-order valence-electron chi connectivity index (χ0n) is 11.1. The van der Waals surface area contributed by atoms with E-state index in [0.29, 0.717) is 5.41 Å². The third-order valence-electron chi connectivity index (χ3n) is 4.22. The van der Waals surface area contributed by atoms with Crippen LogP contribution in [0.25, 0.3) is 0 Å². The maximum absolute atomic E-state index is 12.4. The summed E-state index contributed by atoms with van der Waals surface area (Å²) in [5.41, 5.74) is 2.60. The fourth-order valence-electron chi connectivity index (χ4n) is 2.61. The van der Waals surface area contributed by atoms with Gasteiger partial charge >= 0.3 is 0 Å². The van der Waals surface area contributed by atoms with E-state index in [4.69, 9.17) is 0 Å². The smallest absolute Gasteiger partial charge is 0.243 e. The number of rotatable bonds is 1. The largest absolute Gasteiger partial charge is 0.310 e. The Balaban J connectivity index is 1.91. The number of hydrogen-bond acceptors (Lipinski definition) is 2. The molecule has 1 aromatic carbocycles. The number of amides is 1. The van der Waals surface area contributed by atoms with Crippen LogP contribution in [0.15, 0.2) is 24.3 Å². The van der Waals surface area contributed by atoms with E-state index in [0.717, 1.165) is 18.8 Å². The van der Waals surface area contributed by atoms with Crippen molar-refractivity contribution in [1.29, 1.82) is 0 Å². The predicted molar refractivity (Wildman–Crippen MR) is 72.7 cm³/mol. The topological polar surface area (TPSA) is 32.3 Å². The minimum atomic E-state index is -0.0775. The molecular formula is C15H20N2O. The van der Waals surface area contributed by atoms with Crippen LogP contribution in [0.3, 0.4) is 0 Å². The number of carbonyl (C=O) groups excluding carboxylic acids is 1. The Bertz CT molecular complexity index is 462.